The highest BCUT2D eigenvalue weighted by molar-refractivity contribution is 7.89. The van der Waals surface area contributed by atoms with Crippen LogP contribution in [0.4, 0.5) is 11.4 Å². The standard InChI is InChI=1S/C24H29N3O5S/c1-14-7-8-19(15(2)10-14)25-24(29)18-6-5-9-27(13-18)33(30,31)22-12-21-20(11-16(22)3)26-23(28)17(4)32-21/h7-8,10-12,17-18H,5-6,9,13H2,1-4H3,(H,25,29)(H,26,28)/t17-,18+/m0/s1. The second kappa shape index (κ2) is 8.79. The Morgan fingerprint density at radius 3 is 2.64 bits per heavy atom. The van der Waals surface area contributed by atoms with Gasteiger partial charge in [0, 0.05) is 24.8 Å². The minimum Gasteiger partial charge on any atom is -0.479 e. The van der Waals surface area contributed by atoms with Crippen LogP contribution < -0.4 is 15.4 Å². The van der Waals surface area contributed by atoms with Gasteiger partial charge in [0.05, 0.1) is 16.5 Å². The first-order valence-electron chi connectivity index (χ1n) is 11.1. The van der Waals surface area contributed by atoms with E-state index < -0.39 is 22.0 Å². The van der Waals surface area contributed by atoms with Crippen molar-refractivity contribution < 1.29 is 22.7 Å². The van der Waals surface area contributed by atoms with Crippen LogP contribution in [0, 0.1) is 26.7 Å². The van der Waals surface area contributed by atoms with E-state index in [1.807, 2.05) is 32.0 Å². The summed E-state index contributed by atoms with van der Waals surface area (Å²) in [7, 11) is -3.85. The van der Waals surface area contributed by atoms with Crippen LogP contribution in [0.3, 0.4) is 0 Å². The normalized spacial score (nSPS) is 21.0. The van der Waals surface area contributed by atoms with Gasteiger partial charge in [0.15, 0.2) is 6.10 Å². The van der Waals surface area contributed by atoms with Crippen molar-refractivity contribution in [2.75, 3.05) is 23.7 Å². The number of nitrogens with zero attached hydrogens (tertiary/aromatic N) is 1. The molecule has 0 bridgehead atoms. The van der Waals surface area contributed by atoms with Crippen LogP contribution in [0.5, 0.6) is 5.75 Å². The van der Waals surface area contributed by atoms with E-state index in [0.717, 1.165) is 16.8 Å². The van der Waals surface area contributed by atoms with E-state index in [1.54, 1.807) is 19.9 Å². The number of ether oxygens (including phenoxy) is 1. The van der Waals surface area contributed by atoms with Gasteiger partial charge in [-0.2, -0.15) is 4.31 Å². The molecule has 2 heterocycles. The van der Waals surface area contributed by atoms with Crippen molar-refractivity contribution in [3.8, 4) is 5.75 Å². The maximum atomic E-state index is 13.5. The number of carbonyl (C=O) groups is 2. The van der Waals surface area contributed by atoms with Gasteiger partial charge in [-0.05, 0) is 63.8 Å². The second-order valence-corrected chi connectivity index (χ2v) is 10.8. The maximum Gasteiger partial charge on any atom is 0.265 e. The third kappa shape index (κ3) is 4.60. The van der Waals surface area contributed by atoms with Crippen LogP contribution in [-0.2, 0) is 19.6 Å². The summed E-state index contributed by atoms with van der Waals surface area (Å²) in [6.45, 7) is 7.68. The number of piperidine rings is 1. The van der Waals surface area contributed by atoms with Crippen LogP contribution in [0.2, 0.25) is 0 Å². The lowest BCUT2D eigenvalue weighted by Crippen LogP contribution is -2.44. The fourth-order valence-electron chi connectivity index (χ4n) is 4.32. The average molecular weight is 472 g/mol. The molecular formula is C24H29N3O5S. The summed E-state index contributed by atoms with van der Waals surface area (Å²) in [4.78, 5) is 24.9. The first-order chi connectivity index (χ1) is 15.6. The smallest absolute Gasteiger partial charge is 0.265 e. The zero-order valence-electron chi connectivity index (χ0n) is 19.3. The van der Waals surface area contributed by atoms with Crippen LogP contribution in [0.15, 0.2) is 35.2 Å². The maximum absolute atomic E-state index is 13.5. The van der Waals surface area contributed by atoms with Gasteiger partial charge in [0.25, 0.3) is 5.91 Å². The third-order valence-electron chi connectivity index (χ3n) is 6.22. The zero-order chi connectivity index (χ0) is 23.9. The monoisotopic (exact) mass is 471 g/mol. The molecule has 176 valence electrons. The van der Waals surface area contributed by atoms with Gasteiger partial charge in [-0.1, -0.05) is 17.7 Å². The SMILES string of the molecule is Cc1ccc(NC(=O)[C@@H]2CCCN(S(=O)(=O)c3cc4c(cc3C)NC(=O)[C@H](C)O4)C2)c(C)c1. The Morgan fingerprint density at radius 1 is 1.15 bits per heavy atom. The van der Waals surface area contributed by atoms with E-state index in [4.69, 9.17) is 4.74 Å². The molecule has 0 aliphatic carbocycles. The molecule has 0 radical (unpaired) electrons. The first-order valence-corrected chi connectivity index (χ1v) is 12.5. The molecule has 0 spiro atoms. The number of anilines is 2. The molecule has 2 atom stereocenters. The molecule has 0 unspecified atom stereocenters. The van der Waals surface area contributed by atoms with E-state index >= 15 is 0 Å². The van der Waals surface area contributed by atoms with E-state index in [-0.39, 0.29) is 23.3 Å². The Hall–Kier alpha value is -2.91. The molecule has 2 N–H and O–H groups in total. The third-order valence-corrected chi connectivity index (χ3v) is 8.23. The zero-order valence-corrected chi connectivity index (χ0v) is 20.1. The van der Waals surface area contributed by atoms with Gasteiger partial charge < -0.3 is 15.4 Å². The molecule has 4 rings (SSSR count). The second-order valence-electron chi connectivity index (χ2n) is 8.87. The highest BCUT2D eigenvalue weighted by Gasteiger charge is 2.35. The molecule has 1 saturated heterocycles. The van der Waals surface area contributed by atoms with Gasteiger partial charge in [0.1, 0.15) is 5.75 Å². The predicted molar refractivity (Wildman–Crippen MR) is 126 cm³/mol. The van der Waals surface area contributed by atoms with Crippen molar-refractivity contribution in [2.45, 2.75) is 51.5 Å². The Labute approximate surface area is 194 Å². The number of amides is 2. The number of rotatable bonds is 4. The summed E-state index contributed by atoms with van der Waals surface area (Å²) in [6.07, 6.45) is 0.514. The van der Waals surface area contributed by atoms with E-state index in [0.29, 0.717) is 36.4 Å². The molecular weight excluding hydrogens is 442 g/mol. The van der Waals surface area contributed by atoms with Crippen molar-refractivity contribution in [1.82, 2.24) is 4.31 Å². The molecule has 1 fully saturated rings. The van der Waals surface area contributed by atoms with Crippen LogP contribution in [0.25, 0.3) is 0 Å². The minimum absolute atomic E-state index is 0.115. The molecule has 0 saturated carbocycles. The van der Waals surface area contributed by atoms with Crippen molar-refractivity contribution in [3.05, 3.63) is 47.0 Å². The number of hydrogen-bond acceptors (Lipinski definition) is 5. The highest BCUT2D eigenvalue weighted by Crippen LogP contribution is 2.36. The van der Waals surface area contributed by atoms with Crippen molar-refractivity contribution in [1.29, 1.82) is 0 Å². The number of benzene rings is 2. The average Bonchev–Trinajstić information content (AvgIpc) is 2.76. The number of sulfonamides is 1. The molecule has 2 aliphatic rings. The molecule has 2 aromatic rings. The summed E-state index contributed by atoms with van der Waals surface area (Å²) in [5, 5.41) is 5.70. The number of fused-ring (bicyclic) bond motifs is 1. The number of carbonyl (C=O) groups excluding carboxylic acids is 2. The molecule has 0 aromatic heterocycles. The summed E-state index contributed by atoms with van der Waals surface area (Å²) < 4.78 is 34.0. The quantitative estimate of drug-likeness (QED) is 0.711. The lowest BCUT2D eigenvalue weighted by Gasteiger charge is -2.32. The van der Waals surface area contributed by atoms with Crippen LogP contribution >= 0.6 is 0 Å². The predicted octanol–water partition coefficient (Wildman–Crippen LogP) is 3.37. The molecule has 33 heavy (non-hydrogen) atoms. The fraction of sp³-hybridized carbons (Fsp3) is 0.417. The van der Waals surface area contributed by atoms with Gasteiger partial charge in [-0.15, -0.1) is 0 Å². The lowest BCUT2D eigenvalue weighted by molar-refractivity contribution is -0.123. The molecule has 9 heteroatoms. The van der Waals surface area contributed by atoms with Crippen molar-refractivity contribution in [3.63, 3.8) is 0 Å². The van der Waals surface area contributed by atoms with Crippen molar-refractivity contribution in [2.24, 2.45) is 5.92 Å². The molecule has 2 aromatic carbocycles. The van der Waals surface area contributed by atoms with Gasteiger partial charge >= 0.3 is 0 Å². The van der Waals surface area contributed by atoms with E-state index in [1.165, 1.54) is 10.4 Å². The summed E-state index contributed by atoms with van der Waals surface area (Å²) in [5.41, 5.74) is 3.78. The van der Waals surface area contributed by atoms with E-state index in [9.17, 15) is 18.0 Å². The Bertz CT molecular complexity index is 1220. The number of nitrogens with one attached hydrogen (secondary N) is 2. The summed E-state index contributed by atoms with van der Waals surface area (Å²) in [6, 6.07) is 8.88. The summed E-state index contributed by atoms with van der Waals surface area (Å²) in [5.74, 6) is -0.565. The number of aryl methyl sites for hydroxylation is 3. The first kappa shape index (κ1) is 23.3. The van der Waals surface area contributed by atoms with Gasteiger partial charge in [0.2, 0.25) is 15.9 Å². The summed E-state index contributed by atoms with van der Waals surface area (Å²) >= 11 is 0. The number of hydrogen-bond donors (Lipinski definition) is 2. The topological polar surface area (TPSA) is 105 Å². The Kier molecular flexibility index (Phi) is 6.20. The minimum atomic E-state index is -3.85. The Morgan fingerprint density at radius 2 is 1.91 bits per heavy atom. The fourth-order valence-corrected chi connectivity index (χ4v) is 6.07. The Balaban J connectivity index is 1.54. The van der Waals surface area contributed by atoms with Crippen LogP contribution in [-0.4, -0.2) is 43.7 Å². The van der Waals surface area contributed by atoms with Gasteiger partial charge in [-0.25, -0.2) is 8.42 Å². The van der Waals surface area contributed by atoms with Gasteiger partial charge in [-0.3, -0.25) is 9.59 Å². The molecule has 2 amide bonds. The lowest BCUT2D eigenvalue weighted by atomic mass is 9.98. The highest BCUT2D eigenvalue weighted by atomic mass is 32.2. The molecule has 2 aliphatic heterocycles. The van der Waals surface area contributed by atoms with Crippen molar-refractivity contribution >= 4 is 33.2 Å². The van der Waals surface area contributed by atoms with Crippen LogP contribution in [0.1, 0.15) is 36.5 Å². The molecule has 8 nitrogen and oxygen atoms in total. The van der Waals surface area contributed by atoms with E-state index in [2.05, 4.69) is 10.6 Å². The largest absolute Gasteiger partial charge is 0.479 e.